The van der Waals surface area contributed by atoms with Gasteiger partial charge in [-0.2, -0.15) is 5.10 Å². The zero-order valence-corrected chi connectivity index (χ0v) is 14.2. The number of aromatic nitrogens is 3. The topological polar surface area (TPSA) is 60.2 Å². The Labute approximate surface area is 140 Å². The van der Waals surface area contributed by atoms with Crippen molar-refractivity contribution in [1.82, 2.24) is 14.8 Å². The van der Waals surface area contributed by atoms with E-state index >= 15 is 0 Å². The summed E-state index contributed by atoms with van der Waals surface area (Å²) in [4.78, 5) is 4.87. The van der Waals surface area contributed by atoms with E-state index in [2.05, 4.69) is 37.1 Å². The fourth-order valence-electron chi connectivity index (χ4n) is 3.43. The molecule has 0 radical (unpaired) electrons. The summed E-state index contributed by atoms with van der Waals surface area (Å²) >= 11 is 0. The van der Waals surface area contributed by atoms with Gasteiger partial charge in [0.15, 0.2) is 0 Å². The molecule has 2 aromatic heterocycles. The van der Waals surface area contributed by atoms with Gasteiger partial charge in [0.05, 0.1) is 30.1 Å². The molecule has 1 unspecified atom stereocenters. The van der Waals surface area contributed by atoms with Crippen molar-refractivity contribution < 1.29 is 9.84 Å². The van der Waals surface area contributed by atoms with Crippen LogP contribution < -0.4 is 4.74 Å². The van der Waals surface area contributed by atoms with E-state index in [9.17, 15) is 0 Å². The Morgan fingerprint density at radius 2 is 2.12 bits per heavy atom. The SMILES string of the molecule is Cc1nn(CCO)cc1-c1cc(C)c2cc3c(cc2n1)CC(C)O3. The summed E-state index contributed by atoms with van der Waals surface area (Å²) in [6, 6.07) is 6.36. The number of hydrogen-bond acceptors (Lipinski definition) is 4. The van der Waals surface area contributed by atoms with E-state index in [1.807, 2.05) is 13.1 Å². The number of aliphatic hydroxyl groups is 1. The summed E-state index contributed by atoms with van der Waals surface area (Å²) in [7, 11) is 0. The molecule has 0 saturated heterocycles. The van der Waals surface area contributed by atoms with Crippen molar-refractivity contribution in [1.29, 1.82) is 0 Å². The monoisotopic (exact) mass is 323 g/mol. The largest absolute Gasteiger partial charge is 0.490 e. The maximum absolute atomic E-state index is 9.10. The Hall–Kier alpha value is -2.40. The molecule has 4 rings (SSSR count). The molecule has 3 aromatic rings. The minimum atomic E-state index is 0.0784. The normalized spacial score (nSPS) is 16.4. The minimum Gasteiger partial charge on any atom is -0.490 e. The molecule has 124 valence electrons. The molecule has 1 N–H and O–H groups in total. The number of benzene rings is 1. The van der Waals surface area contributed by atoms with Crippen LogP contribution in [-0.2, 0) is 13.0 Å². The second-order valence-corrected chi connectivity index (χ2v) is 6.55. The molecule has 0 amide bonds. The van der Waals surface area contributed by atoms with Gasteiger partial charge in [0.2, 0.25) is 0 Å². The van der Waals surface area contributed by atoms with Crippen LogP contribution in [0.3, 0.4) is 0 Å². The third kappa shape index (κ3) is 2.45. The standard InChI is InChI=1S/C19H21N3O2/c1-11-6-17(16-10-22(4-5-23)21-13(16)3)20-18-8-14-7-12(2)24-19(14)9-15(11)18/h6,8-10,12,23H,4-5,7H2,1-3H3. The fraction of sp³-hybridized carbons (Fsp3) is 0.368. The third-order valence-corrected chi connectivity index (χ3v) is 4.58. The van der Waals surface area contributed by atoms with Crippen molar-refractivity contribution in [2.45, 2.75) is 39.8 Å². The molecule has 1 aliphatic heterocycles. The summed E-state index contributed by atoms with van der Waals surface area (Å²) in [5.41, 5.74) is 6.26. The minimum absolute atomic E-state index is 0.0784. The lowest BCUT2D eigenvalue weighted by Crippen LogP contribution is -2.05. The quantitative estimate of drug-likeness (QED) is 0.805. The van der Waals surface area contributed by atoms with Gasteiger partial charge < -0.3 is 9.84 Å². The van der Waals surface area contributed by atoms with Crippen LogP contribution in [-0.4, -0.2) is 32.6 Å². The highest BCUT2D eigenvalue weighted by molar-refractivity contribution is 5.87. The van der Waals surface area contributed by atoms with E-state index in [1.54, 1.807) is 4.68 Å². The highest BCUT2D eigenvalue weighted by Crippen LogP contribution is 2.35. The third-order valence-electron chi connectivity index (χ3n) is 4.58. The number of nitrogens with zero attached hydrogens (tertiary/aromatic N) is 3. The highest BCUT2D eigenvalue weighted by atomic mass is 16.5. The molecule has 0 fully saturated rings. The maximum Gasteiger partial charge on any atom is 0.123 e. The zero-order chi connectivity index (χ0) is 16.8. The molecule has 0 spiro atoms. The first kappa shape index (κ1) is 15.1. The smallest absolute Gasteiger partial charge is 0.123 e. The Bertz CT molecular complexity index is 930. The molecule has 1 aliphatic rings. The van der Waals surface area contributed by atoms with E-state index in [0.29, 0.717) is 6.54 Å². The van der Waals surface area contributed by atoms with Gasteiger partial charge in [0, 0.05) is 23.6 Å². The van der Waals surface area contributed by atoms with Gasteiger partial charge in [-0.3, -0.25) is 4.68 Å². The van der Waals surface area contributed by atoms with E-state index in [0.717, 1.165) is 40.0 Å². The van der Waals surface area contributed by atoms with Crippen molar-refractivity contribution in [3.63, 3.8) is 0 Å². The van der Waals surface area contributed by atoms with Gasteiger partial charge in [0.1, 0.15) is 11.9 Å². The number of aryl methyl sites for hydroxylation is 2. The summed E-state index contributed by atoms with van der Waals surface area (Å²) in [6.45, 7) is 6.74. The summed E-state index contributed by atoms with van der Waals surface area (Å²) in [6.07, 6.45) is 3.12. The number of aliphatic hydroxyl groups excluding tert-OH is 1. The summed E-state index contributed by atoms with van der Waals surface area (Å²) in [5, 5.41) is 14.7. The van der Waals surface area contributed by atoms with Gasteiger partial charge in [-0.05, 0) is 50.1 Å². The molecule has 5 nitrogen and oxygen atoms in total. The van der Waals surface area contributed by atoms with Gasteiger partial charge >= 0.3 is 0 Å². The second-order valence-electron chi connectivity index (χ2n) is 6.55. The predicted octanol–water partition coefficient (Wildman–Crippen LogP) is 3.03. The van der Waals surface area contributed by atoms with Crippen molar-refractivity contribution in [2.24, 2.45) is 0 Å². The Morgan fingerprint density at radius 1 is 1.29 bits per heavy atom. The van der Waals surface area contributed by atoms with Crippen LogP contribution in [0.5, 0.6) is 5.75 Å². The summed E-state index contributed by atoms with van der Waals surface area (Å²) < 4.78 is 7.64. The van der Waals surface area contributed by atoms with Crippen molar-refractivity contribution in [3.8, 4) is 17.0 Å². The molecule has 24 heavy (non-hydrogen) atoms. The molecule has 0 aliphatic carbocycles. The van der Waals surface area contributed by atoms with E-state index in [4.69, 9.17) is 14.8 Å². The highest BCUT2D eigenvalue weighted by Gasteiger charge is 2.21. The Balaban J connectivity index is 1.84. The van der Waals surface area contributed by atoms with E-state index in [-0.39, 0.29) is 12.7 Å². The van der Waals surface area contributed by atoms with Crippen LogP contribution in [0.15, 0.2) is 24.4 Å². The number of rotatable bonds is 3. The number of pyridine rings is 1. The zero-order valence-electron chi connectivity index (χ0n) is 14.2. The Kier molecular flexibility index (Phi) is 3.53. The van der Waals surface area contributed by atoms with Crippen LogP contribution in [0.2, 0.25) is 0 Å². The van der Waals surface area contributed by atoms with E-state index < -0.39 is 0 Å². The van der Waals surface area contributed by atoms with E-state index in [1.165, 1.54) is 11.1 Å². The molecule has 0 bridgehead atoms. The first-order chi connectivity index (χ1) is 11.5. The molecule has 0 saturated carbocycles. The molecule has 1 aromatic carbocycles. The van der Waals surface area contributed by atoms with Crippen molar-refractivity contribution >= 4 is 10.9 Å². The summed E-state index contributed by atoms with van der Waals surface area (Å²) in [5.74, 6) is 0.986. The predicted molar refractivity (Wildman–Crippen MR) is 93.3 cm³/mol. The van der Waals surface area contributed by atoms with Crippen LogP contribution in [0, 0.1) is 13.8 Å². The molecule has 3 heterocycles. The second kappa shape index (κ2) is 5.60. The number of ether oxygens (including phenoxy) is 1. The lowest BCUT2D eigenvalue weighted by Gasteiger charge is -2.08. The van der Waals surface area contributed by atoms with Gasteiger partial charge in [-0.25, -0.2) is 4.98 Å². The molecular weight excluding hydrogens is 302 g/mol. The van der Waals surface area contributed by atoms with Gasteiger partial charge in [0.25, 0.3) is 0 Å². The fourth-order valence-corrected chi connectivity index (χ4v) is 3.43. The maximum atomic E-state index is 9.10. The van der Waals surface area contributed by atoms with Crippen LogP contribution in [0.25, 0.3) is 22.2 Å². The average molecular weight is 323 g/mol. The van der Waals surface area contributed by atoms with Gasteiger partial charge in [-0.1, -0.05) is 0 Å². The Morgan fingerprint density at radius 3 is 2.92 bits per heavy atom. The first-order valence-corrected chi connectivity index (χ1v) is 8.31. The van der Waals surface area contributed by atoms with Crippen molar-refractivity contribution in [2.75, 3.05) is 6.61 Å². The number of fused-ring (bicyclic) bond motifs is 2. The molecule has 1 atom stereocenters. The lowest BCUT2D eigenvalue weighted by molar-refractivity contribution is 0.255. The average Bonchev–Trinajstić information content (AvgIpc) is 3.07. The van der Waals surface area contributed by atoms with Crippen molar-refractivity contribution in [3.05, 3.63) is 41.2 Å². The van der Waals surface area contributed by atoms with Gasteiger partial charge in [-0.15, -0.1) is 0 Å². The van der Waals surface area contributed by atoms with Crippen LogP contribution >= 0.6 is 0 Å². The van der Waals surface area contributed by atoms with Crippen LogP contribution in [0.4, 0.5) is 0 Å². The molecule has 5 heteroatoms. The number of hydrogen-bond donors (Lipinski definition) is 1. The molecular formula is C19H21N3O2. The lowest BCUT2D eigenvalue weighted by atomic mass is 10.0. The first-order valence-electron chi connectivity index (χ1n) is 8.31. The van der Waals surface area contributed by atoms with Crippen LogP contribution in [0.1, 0.15) is 23.7 Å².